The minimum absolute atomic E-state index is 0.0578. The van der Waals surface area contributed by atoms with Crippen LogP contribution >= 0.6 is 11.8 Å². The summed E-state index contributed by atoms with van der Waals surface area (Å²) in [7, 11) is 0. The van der Waals surface area contributed by atoms with Gasteiger partial charge >= 0.3 is 6.18 Å². The number of fused-ring (bicyclic) bond motifs is 2. The Morgan fingerprint density at radius 2 is 1.57 bits per heavy atom. The Labute approximate surface area is 205 Å². The average molecular weight is 510 g/mol. The second-order valence-electron chi connectivity index (χ2n) is 9.69. The quantitative estimate of drug-likeness (QED) is 0.437. The maximum atomic E-state index is 14.0. The summed E-state index contributed by atoms with van der Waals surface area (Å²) in [6.07, 6.45) is -5.28. The molecule has 1 saturated heterocycles. The molecule has 2 fully saturated rings. The number of benzene rings is 2. The van der Waals surface area contributed by atoms with Gasteiger partial charge in [0.15, 0.2) is 0 Å². The third-order valence-corrected chi connectivity index (χ3v) is 8.41. The fourth-order valence-corrected chi connectivity index (χ4v) is 6.60. The van der Waals surface area contributed by atoms with E-state index in [1.54, 1.807) is 6.07 Å². The molecule has 2 aliphatic heterocycles. The van der Waals surface area contributed by atoms with E-state index >= 15 is 0 Å². The first-order valence-electron chi connectivity index (χ1n) is 11.8. The molecular formula is C26H27F4NO3S. The molecule has 4 atom stereocenters. The van der Waals surface area contributed by atoms with Crippen molar-refractivity contribution in [3.8, 4) is 0 Å². The molecule has 2 unspecified atom stereocenters. The van der Waals surface area contributed by atoms with E-state index in [1.165, 1.54) is 36.0 Å². The molecule has 0 spiro atoms. The smallest absolute Gasteiger partial charge is 0.390 e. The number of nitrogens with zero attached hydrogens (tertiary/aromatic N) is 1. The molecule has 2 aromatic carbocycles. The molecular weight excluding hydrogens is 482 g/mol. The minimum Gasteiger partial charge on any atom is -0.390 e. The summed E-state index contributed by atoms with van der Waals surface area (Å²) in [5, 5.41) is 29.8. The molecule has 2 heterocycles. The van der Waals surface area contributed by atoms with E-state index in [-0.39, 0.29) is 11.7 Å². The van der Waals surface area contributed by atoms with Crippen LogP contribution in [0.15, 0.2) is 51.8 Å². The van der Waals surface area contributed by atoms with Crippen molar-refractivity contribution >= 4 is 17.3 Å². The molecule has 1 saturated carbocycles. The first kappa shape index (κ1) is 24.8. The predicted octanol–water partition coefficient (Wildman–Crippen LogP) is 4.70. The highest BCUT2D eigenvalue weighted by Gasteiger charge is 2.36. The number of piperidine rings is 1. The van der Waals surface area contributed by atoms with E-state index in [0.717, 1.165) is 22.8 Å². The van der Waals surface area contributed by atoms with Crippen LogP contribution in [0.25, 0.3) is 5.57 Å². The third kappa shape index (κ3) is 5.02. The summed E-state index contributed by atoms with van der Waals surface area (Å²) in [5.74, 6) is -0.324. The van der Waals surface area contributed by atoms with E-state index in [4.69, 9.17) is 0 Å². The Bertz CT molecular complexity index is 1130. The van der Waals surface area contributed by atoms with Crippen LogP contribution in [0.5, 0.6) is 0 Å². The molecule has 3 aliphatic rings. The van der Waals surface area contributed by atoms with Gasteiger partial charge in [0, 0.05) is 29.4 Å². The number of likely N-dealkylation sites (tertiary alicyclic amines) is 1. The lowest BCUT2D eigenvalue weighted by atomic mass is 9.82. The highest BCUT2D eigenvalue weighted by atomic mass is 32.2. The number of hydrogen-bond donors (Lipinski definition) is 3. The molecule has 1 aliphatic carbocycles. The molecule has 2 aromatic rings. The second-order valence-corrected chi connectivity index (χ2v) is 10.8. The predicted molar refractivity (Wildman–Crippen MR) is 124 cm³/mol. The standard InChI is InChI=1S/C26H27F4NO3S/c27-17-2-3-18-23(12-17)35-22-4-1-16(26(28,29)30)11-19(22)24(18)15-5-7-31(8-6-15)13-14-9-20(32)25(34)21(33)10-14/h1-4,11-12,14,20-21,25,32-34H,5-10,13H2/t14?,20-,21+,25?. The van der Waals surface area contributed by atoms with Crippen LogP contribution in [-0.4, -0.2) is 58.2 Å². The van der Waals surface area contributed by atoms with Gasteiger partial charge in [0.2, 0.25) is 0 Å². The summed E-state index contributed by atoms with van der Waals surface area (Å²) in [6.45, 7) is 2.07. The van der Waals surface area contributed by atoms with Crippen LogP contribution in [0.2, 0.25) is 0 Å². The number of aliphatic hydroxyl groups is 3. The van der Waals surface area contributed by atoms with Gasteiger partial charge < -0.3 is 20.2 Å². The molecule has 0 aromatic heterocycles. The summed E-state index contributed by atoms with van der Waals surface area (Å²) >= 11 is 1.29. The normalized spacial score (nSPS) is 27.5. The van der Waals surface area contributed by atoms with Gasteiger partial charge in [-0.1, -0.05) is 23.4 Å². The topological polar surface area (TPSA) is 63.9 Å². The van der Waals surface area contributed by atoms with Crippen molar-refractivity contribution in [2.24, 2.45) is 5.92 Å². The number of halogens is 4. The van der Waals surface area contributed by atoms with Gasteiger partial charge in [-0.3, -0.25) is 0 Å². The molecule has 3 N–H and O–H groups in total. The van der Waals surface area contributed by atoms with E-state index in [2.05, 4.69) is 4.90 Å². The van der Waals surface area contributed by atoms with E-state index in [1.807, 2.05) is 0 Å². The first-order valence-corrected chi connectivity index (χ1v) is 12.6. The lowest BCUT2D eigenvalue weighted by Gasteiger charge is -2.38. The first-order chi connectivity index (χ1) is 16.6. The van der Waals surface area contributed by atoms with Crippen molar-refractivity contribution in [1.82, 2.24) is 4.90 Å². The molecule has 0 radical (unpaired) electrons. The molecule has 4 nitrogen and oxygen atoms in total. The van der Waals surface area contributed by atoms with Crippen LogP contribution < -0.4 is 0 Å². The largest absolute Gasteiger partial charge is 0.416 e. The third-order valence-electron chi connectivity index (χ3n) is 7.28. The summed E-state index contributed by atoms with van der Waals surface area (Å²) < 4.78 is 54.5. The van der Waals surface area contributed by atoms with Gasteiger partial charge in [-0.05, 0) is 78.6 Å². The zero-order chi connectivity index (χ0) is 24.9. The maximum absolute atomic E-state index is 14.0. The van der Waals surface area contributed by atoms with Gasteiger partial charge in [-0.25, -0.2) is 4.39 Å². The highest BCUT2D eigenvalue weighted by Crippen LogP contribution is 2.49. The van der Waals surface area contributed by atoms with Crippen molar-refractivity contribution in [2.75, 3.05) is 19.6 Å². The minimum atomic E-state index is -4.45. The lowest BCUT2D eigenvalue weighted by Crippen LogP contribution is -2.47. The molecule has 9 heteroatoms. The van der Waals surface area contributed by atoms with Crippen molar-refractivity contribution in [2.45, 2.75) is 60.0 Å². The van der Waals surface area contributed by atoms with Crippen LogP contribution in [0.3, 0.4) is 0 Å². The Kier molecular flexibility index (Phi) is 6.74. The molecule has 0 bridgehead atoms. The van der Waals surface area contributed by atoms with E-state index in [9.17, 15) is 32.9 Å². The fourth-order valence-electron chi connectivity index (χ4n) is 5.51. The molecule has 0 amide bonds. The molecule has 5 rings (SSSR count). The summed E-state index contributed by atoms with van der Waals surface area (Å²) in [4.78, 5) is 3.62. The number of alkyl halides is 3. The van der Waals surface area contributed by atoms with Crippen LogP contribution in [0.1, 0.15) is 42.4 Å². The highest BCUT2D eigenvalue weighted by molar-refractivity contribution is 7.99. The Hall–Kier alpha value is -1.91. The van der Waals surface area contributed by atoms with E-state index in [0.29, 0.717) is 60.7 Å². The average Bonchev–Trinajstić information content (AvgIpc) is 2.80. The van der Waals surface area contributed by atoms with Gasteiger partial charge in [0.05, 0.1) is 17.8 Å². The lowest BCUT2D eigenvalue weighted by molar-refractivity contribution is -0.137. The summed E-state index contributed by atoms with van der Waals surface area (Å²) in [6, 6.07) is 8.20. The second kappa shape index (κ2) is 9.52. The number of hydrogen-bond acceptors (Lipinski definition) is 5. The monoisotopic (exact) mass is 509 g/mol. The number of aliphatic hydroxyl groups excluding tert-OH is 3. The van der Waals surface area contributed by atoms with Gasteiger partial charge in [-0.15, -0.1) is 0 Å². The zero-order valence-corrected chi connectivity index (χ0v) is 19.7. The van der Waals surface area contributed by atoms with Gasteiger partial charge in [-0.2, -0.15) is 13.2 Å². The zero-order valence-electron chi connectivity index (χ0n) is 18.9. The Balaban J connectivity index is 1.42. The SMILES string of the molecule is OC1[C@H](O)CC(CN2CCC(=C3c4ccc(F)cc4Sc4ccc(C(F)(F)F)cc43)CC2)C[C@@H]1O. The van der Waals surface area contributed by atoms with Crippen LogP contribution in [0.4, 0.5) is 17.6 Å². The van der Waals surface area contributed by atoms with Crippen molar-refractivity contribution < 1.29 is 32.9 Å². The van der Waals surface area contributed by atoms with E-state index < -0.39 is 30.1 Å². The van der Waals surface area contributed by atoms with Gasteiger partial charge in [0.1, 0.15) is 11.9 Å². The molecule has 188 valence electrons. The summed E-state index contributed by atoms with van der Waals surface area (Å²) in [5.41, 5.74) is 2.42. The Morgan fingerprint density at radius 3 is 2.23 bits per heavy atom. The fraction of sp³-hybridized carbons (Fsp3) is 0.462. The van der Waals surface area contributed by atoms with Crippen molar-refractivity contribution in [3.05, 3.63) is 64.5 Å². The van der Waals surface area contributed by atoms with Crippen LogP contribution in [0, 0.1) is 11.7 Å². The van der Waals surface area contributed by atoms with Crippen molar-refractivity contribution in [3.63, 3.8) is 0 Å². The van der Waals surface area contributed by atoms with Gasteiger partial charge in [0.25, 0.3) is 0 Å². The van der Waals surface area contributed by atoms with Crippen molar-refractivity contribution in [1.29, 1.82) is 0 Å². The maximum Gasteiger partial charge on any atom is 0.416 e. The Morgan fingerprint density at radius 1 is 0.886 bits per heavy atom. The van der Waals surface area contributed by atoms with Crippen LogP contribution in [-0.2, 0) is 6.18 Å². The number of rotatable bonds is 2. The molecule has 35 heavy (non-hydrogen) atoms.